The molecule has 0 spiro atoms. The van der Waals surface area contributed by atoms with Crippen molar-refractivity contribution in [2.45, 2.75) is 90.0 Å². The van der Waals surface area contributed by atoms with Crippen molar-refractivity contribution in [2.24, 2.45) is 11.8 Å². The Balaban J connectivity index is 2.73. The molecule has 0 aromatic rings. The summed E-state index contributed by atoms with van der Waals surface area (Å²) in [6.07, 6.45) is 1.67. The van der Waals surface area contributed by atoms with Crippen LogP contribution in [0.15, 0.2) is 22.6 Å². The van der Waals surface area contributed by atoms with E-state index in [1.54, 1.807) is 0 Å². The molecule has 0 aromatic heterocycles. The second kappa shape index (κ2) is 13.4. The molecule has 0 heterocycles. The van der Waals surface area contributed by atoms with Gasteiger partial charge in [-0.05, 0) is 30.9 Å². The monoisotopic (exact) mass is 452 g/mol. The number of carboxylic acid groups (broad SMARTS) is 1. The molecular weight excluding hydrogens is 417 g/mol. The van der Waals surface area contributed by atoms with E-state index in [2.05, 4.69) is 6.92 Å². The number of aliphatic hydroxyl groups is 2. The van der Waals surface area contributed by atoms with Crippen molar-refractivity contribution in [1.82, 2.24) is 0 Å². The molecule has 4 nitrogen and oxygen atoms in total. The van der Waals surface area contributed by atoms with Crippen LogP contribution in [0.4, 0.5) is 13.2 Å². The van der Waals surface area contributed by atoms with Crippen molar-refractivity contribution in [3.8, 4) is 0 Å². The summed E-state index contributed by atoms with van der Waals surface area (Å²) >= 11 is 1.09. The second-order valence-corrected chi connectivity index (χ2v) is 9.26. The van der Waals surface area contributed by atoms with E-state index < -0.39 is 42.3 Å². The van der Waals surface area contributed by atoms with Gasteiger partial charge in [-0.2, -0.15) is 13.2 Å². The van der Waals surface area contributed by atoms with Crippen LogP contribution in [-0.4, -0.2) is 45.4 Å². The molecule has 3 N–H and O–H groups in total. The number of halogens is 3. The fraction of sp³-hybridized carbons (Fsp3) is 0.773. The molecule has 0 fully saturated rings. The first-order chi connectivity index (χ1) is 14.1. The molecule has 0 radical (unpaired) electrons. The van der Waals surface area contributed by atoms with Crippen LogP contribution in [0.3, 0.4) is 0 Å². The van der Waals surface area contributed by atoms with Crippen LogP contribution in [0.2, 0.25) is 0 Å². The molecule has 1 rings (SSSR count). The maximum absolute atomic E-state index is 13.4. The highest BCUT2D eigenvalue weighted by Crippen LogP contribution is 2.47. The lowest BCUT2D eigenvalue weighted by atomic mass is 9.96. The Hall–Kier alpha value is -0.990. The summed E-state index contributed by atoms with van der Waals surface area (Å²) in [5.74, 6) is -0.899. The number of hydrogen-bond acceptors (Lipinski definition) is 4. The van der Waals surface area contributed by atoms with Crippen LogP contribution in [0, 0.1) is 11.8 Å². The third-order valence-electron chi connectivity index (χ3n) is 5.30. The molecule has 0 amide bonds. The largest absolute Gasteiger partial charge is 0.481 e. The number of unbranched alkanes of at least 4 members (excludes halogenated alkanes) is 3. The second-order valence-electron chi connectivity index (χ2n) is 8.13. The van der Waals surface area contributed by atoms with Gasteiger partial charge in [0, 0.05) is 29.2 Å². The Labute approximate surface area is 181 Å². The van der Waals surface area contributed by atoms with Gasteiger partial charge in [0.25, 0.3) is 0 Å². The zero-order valence-corrected chi connectivity index (χ0v) is 18.6. The van der Waals surface area contributed by atoms with Crippen molar-refractivity contribution in [2.75, 3.05) is 5.75 Å². The standard InChI is InChI=1S/C22H35F3O4S/c1-3-4-8-15(2)13-16(26)10-11-17-19(27)14-18(22(23,24)25)21(17)30-12-7-5-6-9-20(28)29/h10-11,15-17,19,26-27H,3-9,12-14H2,1-2H3,(H,28,29)/b11-10+/t15-,16-,17-,19-/m1/s1. The summed E-state index contributed by atoms with van der Waals surface area (Å²) in [5, 5.41) is 29.1. The number of carboxylic acids is 1. The maximum atomic E-state index is 13.4. The summed E-state index contributed by atoms with van der Waals surface area (Å²) < 4.78 is 40.3. The predicted molar refractivity (Wildman–Crippen MR) is 114 cm³/mol. The average Bonchev–Trinajstić information content (AvgIpc) is 2.96. The van der Waals surface area contributed by atoms with Gasteiger partial charge in [0.2, 0.25) is 0 Å². The number of alkyl halides is 3. The Morgan fingerprint density at radius 2 is 1.97 bits per heavy atom. The van der Waals surface area contributed by atoms with E-state index >= 15 is 0 Å². The minimum atomic E-state index is -4.50. The normalized spacial score (nSPS) is 22.1. The molecular formula is C22H35F3O4S. The Morgan fingerprint density at radius 3 is 2.57 bits per heavy atom. The molecule has 1 aliphatic carbocycles. The zero-order chi connectivity index (χ0) is 22.7. The smallest absolute Gasteiger partial charge is 0.413 e. The summed E-state index contributed by atoms with van der Waals surface area (Å²) in [6, 6.07) is 0. The van der Waals surface area contributed by atoms with Crippen LogP contribution < -0.4 is 0 Å². The number of aliphatic hydroxyl groups excluding tert-OH is 2. The molecule has 174 valence electrons. The molecule has 0 saturated carbocycles. The van der Waals surface area contributed by atoms with E-state index in [0.717, 1.165) is 31.0 Å². The van der Waals surface area contributed by atoms with E-state index in [1.807, 2.05) is 6.92 Å². The van der Waals surface area contributed by atoms with Crippen molar-refractivity contribution in [3.63, 3.8) is 0 Å². The first-order valence-corrected chi connectivity index (χ1v) is 11.7. The number of aliphatic carboxylic acids is 1. The lowest BCUT2D eigenvalue weighted by Crippen LogP contribution is -2.16. The van der Waals surface area contributed by atoms with Gasteiger partial charge in [0.1, 0.15) is 0 Å². The Morgan fingerprint density at radius 1 is 1.27 bits per heavy atom. The summed E-state index contributed by atoms with van der Waals surface area (Å²) in [4.78, 5) is 10.6. The highest BCUT2D eigenvalue weighted by molar-refractivity contribution is 8.03. The van der Waals surface area contributed by atoms with Gasteiger partial charge in [0.05, 0.1) is 12.2 Å². The Kier molecular flexibility index (Phi) is 12.1. The third-order valence-corrected chi connectivity index (χ3v) is 6.62. The van der Waals surface area contributed by atoms with Gasteiger partial charge in [-0.1, -0.05) is 51.7 Å². The number of carbonyl (C=O) groups is 1. The van der Waals surface area contributed by atoms with Crippen molar-refractivity contribution >= 4 is 17.7 Å². The van der Waals surface area contributed by atoms with Gasteiger partial charge in [-0.25, -0.2) is 0 Å². The van der Waals surface area contributed by atoms with Crippen molar-refractivity contribution < 1.29 is 33.3 Å². The van der Waals surface area contributed by atoms with E-state index in [1.165, 1.54) is 12.2 Å². The van der Waals surface area contributed by atoms with Crippen molar-refractivity contribution in [3.05, 3.63) is 22.6 Å². The molecule has 0 aromatic carbocycles. The quantitative estimate of drug-likeness (QED) is 0.233. The first-order valence-electron chi connectivity index (χ1n) is 10.8. The summed E-state index contributed by atoms with van der Waals surface area (Å²) in [7, 11) is 0. The molecule has 4 atom stereocenters. The fourth-order valence-electron chi connectivity index (χ4n) is 3.61. The predicted octanol–water partition coefficient (Wildman–Crippen LogP) is 5.70. The lowest BCUT2D eigenvalue weighted by Gasteiger charge is -2.17. The Bertz CT molecular complexity index is 589. The van der Waals surface area contributed by atoms with E-state index in [-0.39, 0.29) is 11.3 Å². The lowest BCUT2D eigenvalue weighted by molar-refractivity contribution is -0.137. The maximum Gasteiger partial charge on any atom is 0.413 e. The van der Waals surface area contributed by atoms with Gasteiger partial charge in [-0.3, -0.25) is 4.79 Å². The van der Waals surface area contributed by atoms with Crippen molar-refractivity contribution in [1.29, 1.82) is 0 Å². The van der Waals surface area contributed by atoms with Gasteiger partial charge in [-0.15, -0.1) is 11.8 Å². The van der Waals surface area contributed by atoms with E-state index in [4.69, 9.17) is 5.11 Å². The van der Waals surface area contributed by atoms with Gasteiger partial charge in [0.15, 0.2) is 0 Å². The average molecular weight is 453 g/mol. The molecule has 30 heavy (non-hydrogen) atoms. The van der Waals surface area contributed by atoms with E-state index in [0.29, 0.717) is 37.4 Å². The van der Waals surface area contributed by atoms with Crippen LogP contribution in [-0.2, 0) is 4.79 Å². The minimum Gasteiger partial charge on any atom is -0.481 e. The van der Waals surface area contributed by atoms with Crippen LogP contribution in [0.5, 0.6) is 0 Å². The molecule has 1 aliphatic rings. The van der Waals surface area contributed by atoms with Gasteiger partial charge < -0.3 is 15.3 Å². The summed E-state index contributed by atoms with van der Waals surface area (Å²) in [6.45, 7) is 4.14. The summed E-state index contributed by atoms with van der Waals surface area (Å²) in [5.41, 5.74) is -0.689. The molecule has 0 aliphatic heterocycles. The van der Waals surface area contributed by atoms with Crippen LogP contribution >= 0.6 is 11.8 Å². The number of hydrogen-bond donors (Lipinski definition) is 3. The zero-order valence-electron chi connectivity index (χ0n) is 17.8. The third kappa shape index (κ3) is 9.88. The minimum absolute atomic E-state index is 0.0554. The highest BCUT2D eigenvalue weighted by atomic mass is 32.2. The molecule has 8 heteroatoms. The van der Waals surface area contributed by atoms with Crippen LogP contribution in [0.1, 0.15) is 71.6 Å². The number of thioether (sulfide) groups is 1. The van der Waals surface area contributed by atoms with Crippen LogP contribution in [0.25, 0.3) is 0 Å². The molecule has 0 unspecified atom stereocenters. The van der Waals surface area contributed by atoms with E-state index in [9.17, 15) is 28.2 Å². The molecule has 0 saturated heterocycles. The number of rotatable bonds is 14. The van der Waals surface area contributed by atoms with Gasteiger partial charge >= 0.3 is 12.1 Å². The fourth-order valence-corrected chi connectivity index (χ4v) is 4.98. The first kappa shape index (κ1) is 27.0. The molecule has 0 bridgehead atoms. The SMILES string of the molecule is CCCC[C@@H](C)C[C@H](O)/C=C/[C@H]1C(SCCCCCC(=O)O)=C(C(F)(F)F)C[C@H]1O. The topological polar surface area (TPSA) is 77.8 Å². The highest BCUT2D eigenvalue weighted by Gasteiger charge is 2.45.